The van der Waals surface area contributed by atoms with Crippen molar-refractivity contribution < 1.29 is 0 Å². The summed E-state index contributed by atoms with van der Waals surface area (Å²) in [5.41, 5.74) is 16.6. The maximum Gasteiger partial charge on any atom is 0.132 e. The SMILES string of the molecule is CN/C=C(\C(=N)CC1CC1)c1cnc2ccc(N/C(N)=C/C(=C\N)C(C)C)nc2c1. The van der Waals surface area contributed by atoms with Crippen LogP contribution in [0.2, 0.25) is 0 Å². The number of pyridine rings is 2. The van der Waals surface area contributed by atoms with Crippen molar-refractivity contribution in [1.29, 1.82) is 5.41 Å². The van der Waals surface area contributed by atoms with Gasteiger partial charge >= 0.3 is 0 Å². The number of nitrogens with zero attached hydrogens (tertiary/aromatic N) is 2. The minimum atomic E-state index is 0.273. The average molecular weight is 406 g/mol. The first kappa shape index (κ1) is 21.4. The minimum absolute atomic E-state index is 0.273. The molecule has 0 unspecified atom stereocenters. The van der Waals surface area contributed by atoms with Crippen molar-refractivity contribution in [3.63, 3.8) is 0 Å². The first-order valence-corrected chi connectivity index (χ1v) is 10.3. The van der Waals surface area contributed by atoms with Crippen LogP contribution in [0.25, 0.3) is 16.6 Å². The fourth-order valence-electron chi connectivity index (χ4n) is 3.20. The van der Waals surface area contributed by atoms with Gasteiger partial charge < -0.3 is 27.5 Å². The highest BCUT2D eigenvalue weighted by Gasteiger charge is 2.24. The Labute approximate surface area is 177 Å². The smallest absolute Gasteiger partial charge is 0.132 e. The van der Waals surface area contributed by atoms with E-state index in [4.69, 9.17) is 16.9 Å². The van der Waals surface area contributed by atoms with E-state index < -0.39 is 0 Å². The maximum atomic E-state index is 8.51. The normalized spacial score (nSPS) is 15.5. The van der Waals surface area contributed by atoms with Crippen molar-refractivity contribution in [2.45, 2.75) is 33.1 Å². The molecule has 2 aromatic rings. The lowest BCUT2D eigenvalue weighted by molar-refractivity contribution is 0.786. The van der Waals surface area contributed by atoms with Gasteiger partial charge in [-0.25, -0.2) is 4.98 Å². The summed E-state index contributed by atoms with van der Waals surface area (Å²) in [5.74, 6) is 2.02. The molecular formula is C23H31N7. The van der Waals surface area contributed by atoms with Crippen molar-refractivity contribution in [2.24, 2.45) is 23.3 Å². The van der Waals surface area contributed by atoms with Crippen LogP contribution in [0.4, 0.5) is 5.82 Å². The minimum Gasteiger partial charge on any atom is -0.404 e. The Balaban J connectivity index is 1.87. The van der Waals surface area contributed by atoms with Crippen molar-refractivity contribution in [2.75, 3.05) is 12.4 Å². The van der Waals surface area contributed by atoms with E-state index in [0.717, 1.165) is 34.2 Å². The Morgan fingerprint density at radius 2 is 2.07 bits per heavy atom. The lowest BCUT2D eigenvalue weighted by atomic mass is 9.99. The number of aromatic nitrogens is 2. The number of rotatable bonds is 9. The summed E-state index contributed by atoms with van der Waals surface area (Å²) in [5, 5.41) is 14.7. The van der Waals surface area contributed by atoms with Crippen LogP contribution in [-0.4, -0.2) is 22.7 Å². The second-order valence-electron chi connectivity index (χ2n) is 7.98. The van der Waals surface area contributed by atoms with Crippen LogP contribution in [-0.2, 0) is 0 Å². The molecule has 3 rings (SSSR count). The molecule has 0 aromatic carbocycles. The molecule has 1 fully saturated rings. The van der Waals surface area contributed by atoms with Crippen molar-refractivity contribution in [3.05, 3.63) is 59.8 Å². The summed E-state index contributed by atoms with van der Waals surface area (Å²) in [6.07, 6.45) is 10.3. The van der Waals surface area contributed by atoms with E-state index >= 15 is 0 Å². The van der Waals surface area contributed by atoms with E-state index in [9.17, 15) is 0 Å². The Bertz CT molecular complexity index is 1010. The number of nitrogens with two attached hydrogens (primary N) is 2. The third kappa shape index (κ3) is 5.37. The molecule has 1 aliphatic rings. The molecule has 158 valence electrons. The predicted octanol–water partition coefficient (Wildman–Crippen LogP) is 3.72. The zero-order valence-electron chi connectivity index (χ0n) is 17.9. The van der Waals surface area contributed by atoms with Crippen LogP contribution < -0.4 is 22.1 Å². The first-order valence-electron chi connectivity index (χ1n) is 10.3. The second kappa shape index (κ2) is 9.43. The summed E-state index contributed by atoms with van der Waals surface area (Å²) in [7, 11) is 1.84. The van der Waals surface area contributed by atoms with Gasteiger partial charge in [0.25, 0.3) is 0 Å². The van der Waals surface area contributed by atoms with Crippen LogP contribution in [0, 0.1) is 17.2 Å². The van der Waals surface area contributed by atoms with Gasteiger partial charge in [-0.1, -0.05) is 13.8 Å². The molecule has 0 bridgehead atoms. The van der Waals surface area contributed by atoms with Crippen molar-refractivity contribution in [1.82, 2.24) is 15.3 Å². The number of fused-ring (bicyclic) bond motifs is 1. The first-order chi connectivity index (χ1) is 14.4. The number of hydrogen-bond donors (Lipinski definition) is 5. The van der Waals surface area contributed by atoms with Crippen LogP contribution in [0.15, 0.2) is 54.3 Å². The zero-order valence-corrected chi connectivity index (χ0v) is 17.9. The monoisotopic (exact) mass is 405 g/mol. The van der Waals surface area contributed by atoms with Gasteiger partial charge in [-0.05, 0) is 67.1 Å². The van der Waals surface area contributed by atoms with Crippen molar-refractivity contribution in [3.8, 4) is 0 Å². The Morgan fingerprint density at radius 1 is 1.30 bits per heavy atom. The van der Waals surface area contributed by atoms with Crippen LogP contribution in [0.1, 0.15) is 38.7 Å². The predicted molar refractivity (Wildman–Crippen MR) is 125 cm³/mol. The third-order valence-electron chi connectivity index (χ3n) is 5.11. The summed E-state index contributed by atoms with van der Waals surface area (Å²) in [4.78, 5) is 9.21. The van der Waals surface area contributed by atoms with E-state index in [-0.39, 0.29) is 5.92 Å². The van der Waals surface area contributed by atoms with E-state index in [1.54, 1.807) is 12.4 Å². The molecule has 0 saturated heterocycles. The summed E-state index contributed by atoms with van der Waals surface area (Å²) in [6.45, 7) is 4.11. The fraction of sp³-hybridized carbons (Fsp3) is 0.348. The molecule has 7 heteroatoms. The molecule has 0 spiro atoms. The topological polar surface area (TPSA) is 126 Å². The van der Waals surface area contributed by atoms with Gasteiger partial charge in [0.1, 0.15) is 11.6 Å². The van der Waals surface area contributed by atoms with Crippen LogP contribution in [0.5, 0.6) is 0 Å². The van der Waals surface area contributed by atoms with E-state index in [1.807, 2.05) is 37.5 Å². The van der Waals surface area contributed by atoms with E-state index in [0.29, 0.717) is 23.3 Å². The van der Waals surface area contributed by atoms with Crippen LogP contribution in [0.3, 0.4) is 0 Å². The lowest BCUT2D eigenvalue weighted by Gasteiger charge is -2.12. The van der Waals surface area contributed by atoms with Gasteiger partial charge in [0.2, 0.25) is 0 Å². The van der Waals surface area contributed by atoms with Gasteiger partial charge in [0.05, 0.1) is 11.0 Å². The molecule has 1 aliphatic carbocycles. The second-order valence-corrected chi connectivity index (χ2v) is 7.98. The maximum absolute atomic E-state index is 8.51. The number of allylic oxidation sites excluding steroid dienone is 3. The molecule has 0 amide bonds. The van der Waals surface area contributed by atoms with Crippen molar-refractivity contribution >= 4 is 28.1 Å². The van der Waals surface area contributed by atoms with Gasteiger partial charge in [-0.2, -0.15) is 0 Å². The molecule has 30 heavy (non-hydrogen) atoms. The number of nitrogens with one attached hydrogen (secondary N) is 3. The molecule has 7 nitrogen and oxygen atoms in total. The number of anilines is 1. The van der Waals surface area contributed by atoms with Crippen LogP contribution >= 0.6 is 0 Å². The molecule has 1 saturated carbocycles. The van der Waals surface area contributed by atoms with Gasteiger partial charge in [0, 0.05) is 36.3 Å². The third-order valence-corrected chi connectivity index (χ3v) is 5.11. The molecule has 2 aromatic heterocycles. The number of hydrogen-bond acceptors (Lipinski definition) is 7. The Kier molecular flexibility index (Phi) is 6.72. The molecule has 7 N–H and O–H groups in total. The Hall–Kier alpha value is -3.35. The highest BCUT2D eigenvalue weighted by atomic mass is 15.1. The average Bonchev–Trinajstić information content (AvgIpc) is 3.53. The van der Waals surface area contributed by atoms with E-state index in [1.165, 1.54) is 12.8 Å². The quantitative estimate of drug-likeness (QED) is 0.320. The largest absolute Gasteiger partial charge is 0.404 e. The summed E-state index contributed by atoms with van der Waals surface area (Å²) >= 11 is 0. The highest BCUT2D eigenvalue weighted by Crippen LogP contribution is 2.35. The summed E-state index contributed by atoms with van der Waals surface area (Å²) < 4.78 is 0. The highest BCUT2D eigenvalue weighted by molar-refractivity contribution is 6.22. The van der Waals surface area contributed by atoms with Gasteiger partial charge in [-0.15, -0.1) is 0 Å². The molecule has 0 radical (unpaired) electrons. The zero-order chi connectivity index (χ0) is 21.7. The fourth-order valence-corrected chi connectivity index (χ4v) is 3.20. The van der Waals surface area contributed by atoms with Gasteiger partial charge in [-0.3, -0.25) is 4.98 Å². The van der Waals surface area contributed by atoms with E-state index in [2.05, 4.69) is 34.4 Å². The Morgan fingerprint density at radius 3 is 2.70 bits per heavy atom. The summed E-state index contributed by atoms with van der Waals surface area (Å²) in [6, 6.07) is 5.72. The molecule has 0 aliphatic heterocycles. The molecule has 2 heterocycles. The molecular weight excluding hydrogens is 374 g/mol. The molecule has 0 atom stereocenters. The lowest BCUT2D eigenvalue weighted by Crippen LogP contribution is -2.12. The van der Waals surface area contributed by atoms with Gasteiger partial charge in [0.15, 0.2) is 0 Å². The standard InChI is InChI=1S/C23H31N7/c1-14(2)16(11-24)10-22(26)30-23-7-6-20-21(29-23)9-17(12-28-20)18(13-27-3)19(25)8-15-4-5-15/h6-7,9-15,25,27H,4-5,8,24,26H2,1-3H3,(H,29,30)/b16-11+,18-13-,22-10+,25-19?.